The number of non-ortho nitro benzene ring substituents is 1. The molecule has 0 aliphatic carbocycles. The van der Waals surface area contributed by atoms with Gasteiger partial charge in [0.1, 0.15) is 11.4 Å². The molecular weight excluding hydrogens is 398 g/mol. The van der Waals surface area contributed by atoms with Crippen LogP contribution in [0.5, 0.6) is 5.75 Å². The molecule has 0 saturated carbocycles. The highest BCUT2D eigenvalue weighted by molar-refractivity contribution is 6.00. The summed E-state index contributed by atoms with van der Waals surface area (Å²) in [5.41, 5.74) is 1.05. The number of methoxy groups -OCH3 is 1. The largest absolute Gasteiger partial charge is 0.494 e. The molecule has 2 rings (SSSR count). The van der Waals surface area contributed by atoms with E-state index in [0.717, 1.165) is 6.07 Å². The number of carbonyl (C=O) groups is 3. The quantitative estimate of drug-likeness (QED) is 0.376. The molecule has 0 fully saturated rings. The first kappa shape index (κ1) is 22.4. The third-order valence-electron chi connectivity index (χ3n) is 4.13. The van der Waals surface area contributed by atoms with E-state index in [2.05, 4.69) is 10.3 Å². The maximum Gasteiger partial charge on any atom is 0.355 e. The summed E-state index contributed by atoms with van der Waals surface area (Å²) >= 11 is 0. The lowest BCUT2D eigenvalue weighted by Crippen LogP contribution is -2.21. The van der Waals surface area contributed by atoms with E-state index in [1.54, 1.807) is 20.8 Å². The van der Waals surface area contributed by atoms with E-state index in [4.69, 9.17) is 14.2 Å². The number of nitrogens with one attached hydrogen (secondary N) is 2. The number of anilines is 1. The van der Waals surface area contributed by atoms with Gasteiger partial charge in [-0.15, -0.1) is 0 Å². The molecule has 0 spiro atoms. The maximum atomic E-state index is 12.3. The molecule has 0 aliphatic heterocycles. The number of H-pyrrole nitrogens is 1. The van der Waals surface area contributed by atoms with Crippen LogP contribution in [0.4, 0.5) is 11.4 Å². The fraction of sp³-hybridized carbons (Fsp3) is 0.316. The normalized spacial score (nSPS) is 10.3. The molecule has 1 amide bonds. The van der Waals surface area contributed by atoms with E-state index in [-0.39, 0.29) is 35.0 Å². The molecular formula is C19H21N3O8. The van der Waals surface area contributed by atoms with Crippen molar-refractivity contribution in [2.75, 3.05) is 25.6 Å². The molecule has 11 heteroatoms. The van der Waals surface area contributed by atoms with Gasteiger partial charge in [-0.1, -0.05) is 0 Å². The number of nitro groups is 1. The lowest BCUT2D eigenvalue weighted by Gasteiger charge is -2.10. The van der Waals surface area contributed by atoms with Crippen molar-refractivity contribution >= 4 is 29.2 Å². The Bertz CT molecular complexity index is 996. The number of aryl methyl sites for hydroxylation is 1. The van der Waals surface area contributed by atoms with Crippen LogP contribution in [-0.4, -0.2) is 48.1 Å². The summed E-state index contributed by atoms with van der Waals surface area (Å²) in [6, 6.07) is 3.66. The van der Waals surface area contributed by atoms with E-state index < -0.39 is 29.4 Å². The number of esters is 2. The molecule has 0 radical (unpaired) electrons. The van der Waals surface area contributed by atoms with Crippen LogP contribution in [0.1, 0.15) is 39.0 Å². The molecule has 2 aromatic rings. The molecule has 160 valence electrons. The fourth-order valence-corrected chi connectivity index (χ4v) is 2.75. The minimum atomic E-state index is -0.822. The van der Waals surface area contributed by atoms with Crippen LogP contribution in [0.2, 0.25) is 0 Å². The lowest BCUT2D eigenvalue weighted by molar-refractivity contribution is -0.384. The summed E-state index contributed by atoms with van der Waals surface area (Å²) in [5.74, 6) is -1.98. The van der Waals surface area contributed by atoms with Crippen molar-refractivity contribution in [3.63, 3.8) is 0 Å². The monoisotopic (exact) mass is 419 g/mol. The molecule has 0 saturated heterocycles. The summed E-state index contributed by atoms with van der Waals surface area (Å²) < 4.78 is 15.0. The van der Waals surface area contributed by atoms with Crippen LogP contribution in [0.3, 0.4) is 0 Å². The van der Waals surface area contributed by atoms with Crippen molar-refractivity contribution in [3.8, 4) is 5.75 Å². The number of rotatable bonds is 8. The second-order valence-electron chi connectivity index (χ2n) is 6.11. The van der Waals surface area contributed by atoms with E-state index >= 15 is 0 Å². The Morgan fingerprint density at radius 2 is 1.87 bits per heavy atom. The van der Waals surface area contributed by atoms with Crippen LogP contribution >= 0.6 is 0 Å². The number of benzene rings is 1. The number of ether oxygens (including phenoxy) is 3. The van der Waals surface area contributed by atoms with Crippen molar-refractivity contribution in [1.29, 1.82) is 0 Å². The molecule has 0 unspecified atom stereocenters. The van der Waals surface area contributed by atoms with Gasteiger partial charge in [-0.25, -0.2) is 9.59 Å². The molecule has 0 atom stereocenters. The van der Waals surface area contributed by atoms with Crippen LogP contribution in [0.25, 0.3) is 0 Å². The highest BCUT2D eigenvalue weighted by Crippen LogP contribution is 2.29. The Morgan fingerprint density at radius 1 is 1.17 bits per heavy atom. The predicted molar refractivity (Wildman–Crippen MR) is 105 cm³/mol. The van der Waals surface area contributed by atoms with E-state index in [0.29, 0.717) is 11.3 Å². The van der Waals surface area contributed by atoms with Gasteiger partial charge < -0.3 is 24.5 Å². The Morgan fingerprint density at radius 3 is 2.47 bits per heavy atom. The van der Waals surface area contributed by atoms with Gasteiger partial charge in [0.05, 0.1) is 36.0 Å². The first-order valence-electron chi connectivity index (χ1n) is 8.85. The Labute approximate surface area is 171 Å². The van der Waals surface area contributed by atoms with Crippen molar-refractivity contribution in [2.24, 2.45) is 0 Å². The predicted octanol–water partition coefficient (Wildman–Crippen LogP) is 2.52. The third kappa shape index (κ3) is 4.93. The van der Waals surface area contributed by atoms with Crippen LogP contribution < -0.4 is 10.1 Å². The minimum Gasteiger partial charge on any atom is -0.494 e. The van der Waals surface area contributed by atoms with E-state index in [1.165, 1.54) is 19.2 Å². The zero-order valence-corrected chi connectivity index (χ0v) is 16.9. The molecule has 1 heterocycles. The SMILES string of the molecule is CCOC(=O)c1c(C)[nH]c(C(=O)OCC(=O)Nc2ccc([N+](=O)[O-])cc2OC)c1C. The second kappa shape index (κ2) is 9.54. The number of hydrogen-bond donors (Lipinski definition) is 2. The van der Waals surface area contributed by atoms with Gasteiger partial charge in [-0.05, 0) is 32.4 Å². The van der Waals surface area contributed by atoms with Gasteiger partial charge >= 0.3 is 11.9 Å². The van der Waals surface area contributed by atoms with Gasteiger partial charge in [0.2, 0.25) is 0 Å². The number of amides is 1. The number of nitro benzene ring substituents is 1. The smallest absolute Gasteiger partial charge is 0.355 e. The number of aromatic amines is 1. The zero-order chi connectivity index (χ0) is 22.4. The van der Waals surface area contributed by atoms with Crippen molar-refractivity contribution in [3.05, 3.63) is 50.8 Å². The molecule has 30 heavy (non-hydrogen) atoms. The van der Waals surface area contributed by atoms with Gasteiger partial charge in [0, 0.05) is 11.8 Å². The second-order valence-corrected chi connectivity index (χ2v) is 6.11. The van der Waals surface area contributed by atoms with Crippen LogP contribution in [0, 0.1) is 24.0 Å². The maximum absolute atomic E-state index is 12.3. The number of aromatic nitrogens is 1. The van der Waals surface area contributed by atoms with E-state index in [1.807, 2.05) is 0 Å². The molecule has 0 aliphatic rings. The van der Waals surface area contributed by atoms with Gasteiger partial charge in [-0.3, -0.25) is 14.9 Å². The average molecular weight is 419 g/mol. The van der Waals surface area contributed by atoms with Crippen molar-refractivity contribution < 1.29 is 33.5 Å². The Kier molecular flexibility index (Phi) is 7.13. The first-order chi connectivity index (χ1) is 14.2. The molecule has 11 nitrogen and oxygen atoms in total. The Balaban J connectivity index is 2.05. The number of carbonyl (C=O) groups excluding carboxylic acids is 3. The molecule has 1 aromatic carbocycles. The zero-order valence-electron chi connectivity index (χ0n) is 16.9. The minimum absolute atomic E-state index is 0.0382. The highest BCUT2D eigenvalue weighted by Gasteiger charge is 2.24. The summed E-state index contributed by atoms with van der Waals surface area (Å²) in [6.45, 7) is 4.42. The van der Waals surface area contributed by atoms with Gasteiger partial charge in [0.15, 0.2) is 6.61 Å². The van der Waals surface area contributed by atoms with E-state index in [9.17, 15) is 24.5 Å². The topological polar surface area (TPSA) is 150 Å². The Hall–Kier alpha value is -3.89. The third-order valence-corrected chi connectivity index (χ3v) is 4.13. The first-order valence-corrected chi connectivity index (χ1v) is 8.85. The number of nitrogens with zero attached hydrogens (tertiary/aromatic N) is 1. The highest BCUT2D eigenvalue weighted by atomic mass is 16.6. The number of hydrogen-bond acceptors (Lipinski definition) is 8. The summed E-state index contributed by atoms with van der Waals surface area (Å²) in [5, 5.41) is 13.3. The van der Waals surface area contributed by atoms with Crippen LogP contribution in [0.15, 0.2) is 18.2 Å². The summed E-state index contributed by atoms with van der Waals surface area (Å²) in [4.78, 5) is 49.4. The summed E-state index contributed by atoms with van der Waals surface area (Å²) in [6.07, 6.45) is 0. The average Bonchev–Trinajstić information content (AvgIpc) is 3.00. The lowest BCUT2D eigenvalue weighted by atomic mass is 10.1. The summed E-state index contributed by atoms with van der Waals surface area (Å²) in [7, 11) is 1.30. The van der Waals surface area contributed by atoms with Gasteiger partial charge in [0.25, 0.3) is 11.6 Å². The fourth-order valence-electron chi connectivity index (χ4n) is 2.75. The molecule has 2 N–H and O–H groups in total. The molecule has 0 bridgehead atoms. The molecule has 1 aromatic heterocycles. The van der Waals surface area contributed by atoms with Crippen molar-refractivity contribution in [2.45, 2.75) is 20.8 Å². The van der Waals surface area contributed by atoms with Gasteiger partial charge in [-0.2, -0.15) is 0 Å². The van der Waals surface area contributed by atoms with Crippen molar-refractivity contribution in [1.82, 2.24) is 4.98 Å². The van der Waals surface area contributed by atoms with Crippen LogP contribution in [-0.2, 0) is 14.3 Å². The standard InChI is InChI=1S/C19H21N3O8/c1-5-29-18(24)16-10(2)17(20-11(16)3)19(25)30-9-15(23)21-13-7-6-12(22(26)27)8-14(13)28-4/h6-8,20H,5,9H2,1-4H3,(H,21,23).